The van der Waals surface area contributed by atoms with Gasteiger partial charge in [0, 0.05) is 7.14 Å². The summed E-state index contributed by atoms with van der Waals surface area (Å²) in [6.45, 7) is 0. The summed E-state index contributed by atoms with van der Waals surface area (Å²) < 4.78 is 89.3. The third-order valence-electron chi connectivity index (χ3n) is 4.08. The van der Waals surface area contributed by atoms with Crippen LogP contribution in [0.5, 0.6) is 5.75 Å². The Hall–Kier alpha value is -1.72. The molecule has 0 radical (unpaired) electrons. The highest BCUT2D eigenvalue weighted by molar-refractivity contribution is 14.1. The van der Waals surface area contributed by atoms with Crippen molar-refractivity contribution in [2.75, 3.05) is 16.6 Å². The molecule has 170 valence electrons. The van der Waals surface area contributed by atoms with E-state index in [4.69, 9.17) is 4.74 Å². The van der Waals surface area contributed by atoms with Gasteiger partial charge in [-0.3, -0.25) is 9.44 Å². The number of benzene rings is 3. The van der Waals surface area contributed by atoms with Crippen molar-refractivity contribution in [2.45, 2.75) is 9.79 Å². The number of methoxy groups -OCH3 is 1. The number of hydrogen-bond donors (Lipinski definition) is 2. The Morgan fingerprint density at radius 2 is 1.25 bits per heavy atom. The van der Waals surface area contributed by atoms with Gasteiger partial charge in [0.2, 0.25) is 0 Å². The second-order valence-corrected chi connectivity index (χ2v) is 11.9. The van der Waals surface area contributed by atoms with Gasteiger partial charge in [0.1, 0.15) is 22.3 Å². The highest BCUT2D eigenvalue weighted by atomic mass is 127. The van der Waals surface area contributed by atoms with Crippen LogP contribution in [0.15, 0.2) is 64.4 Å². The van der Waals surface area contributed by atoms with Crippen molar-refractivity contribution in [3.63, 3.8) is 0 Å². The number of halogens is 4. The largest absolute Gasteiger partial charge is 0.495 e. The lowest BCUT2D eigenvalue weighted by Crippen LogP contribution is -2.18. The molecular formula is C19H14F2I2N2O5S2. The Balaban J connectivity index is 2.04. The maximum absolute atomic E-state index is 13.6. The van der Waals surface area contributed by atoms with Crippen LogP contribution in [-0.2, 0) is 20.0 Å². The van der Waals surface area contributed by atoms with Gasteiger partial charge in [0.05, 0.1) is 23.4 Å². The van der Waals surface area contributed by atoms with Crippen molar-refractivity contribution in [1.29, 1.82) is 0 Å². The van der Waals surface area contributed by atoms with E-state index in [0.29, 0.717) is 7.14 Å². The summed E-state index contributed by atoms with van der Waals surface area (Å²) in [4.78, 5) is -0.871. The predicted octanol–water partition coefficient (Wildman–Crippen LogP) is 4.78. The molecule has 13 heteroatoms. The highest BCUT2D eigenvalue weighted by Gasteiger charge is 2.25. The molecular weight excluding hydrogens is 692 g/mol. The Bertz CT molecular complexity index is 1400. The number of rotatable bonds is 7. The molecule has 2 N–H and O–H groups in total. The van der Waals surface area contributed by atoms with Gasteiger partial charge < -0.3 is 4.74 Å². The van der Waals surface area contributed by atoms with Crippen molar-refractivity contribution in [1.82, 2.24) is 0 Å². The standard InChI is InChI=1S/C19H14F2I2N2O5S2/c1-30-18-7-4-13(31(26,27)24-16-8-11(20)2-5-14(16)22)10-19(18)32(28,29)25-17-9-12(21)3-6-15(17)23/h2-10,24-25H,1H3. The second kappa shape index (κ2) is 9.64. The topological polar surface area (TPSA) is 102 Å². The molecule has 0 aliphatic heterocycles. The van der Waals surface area contributed by atoms with Crippen molar-refractivity contribution in [3.8, 4) is 5.75 Å². The van der Waals surface area contributed by atoms with Crippen LogP contribution < -0.4 is 14.2 Å². The van der Waals surface area contributed by atoms with E-state index in [0.717, 1.165) is 24.3 Å². The van der Waals surface area contributed by atoms with E-state index in [1.807, 2.05) is 45.2 Å². The zero-order valence-electron chi connectivity index (χ0n) is 16.1. The Labute approximate surface area is 211 Å². The zero-order chi connectivity index (χ0) is 23.7. The smallest absolute Gasteiger partial charge is 0.265 e. The van der Waals surface area contributed by atoms with E-state index >= 15 is 0 Å². The van der Waals surface area contributed by atoms with Gasteiger partial charge in [0.25, 0.3) is 20.0 Å². The van der Waals surface area contributed by atoms with Gasteiger partial charge >= 0.3 is 0 Å². The molecule has 0 aliphatic rings. The molecule has 3 rings (SSSR count). The number of ether oxygens (including phenoxy) is 1. The van der Waals surface area contributed by atoms with Crippen molar-refractivity contribution >= 4 is 76.6 Å². The molecule has 0 unspecified atom stereocenters. The summed E-state index contributed by atoms with van der Waals surface area (Å²) in [5.41, 5.74) is -0.0217. The van der Waals surface area contributed by atoms with Crippen LogP contribution in [0, 0.1) is 18.8 Å². The minimum Gasteiger partial charge on any atom is -0.495 e. The molecule has 0 fully saturated rings. The zero-order valence-corrected chi connectivity index (χ0v) is 22.0. The molecule has 0 amide bonds. The number of hydrogen-bond acceptors (Lipinski definition) is 5. The fraction of sp³-hybridized carbons (Fsp3) is 0.0526. The molecule has 0 spiro atoms. The second-order valence-electron chi connectivity index (χ2n) is 6.27. The van der Waals surface area contributed by atoms with Crippen LogP contribution in [0.25, 0.3) is 0 Å². The van der Waals surface area contributed by atoms with Crippen LogP contribution >= 0.6 is 45.2 Å². The molecule has 3 aromatic carbocycles. The first-order chi connectivity index (χ1) is 14.9. The van der Waals surface area contributed by atoms with Gasteiger partial charge in [-0.15, -0.1) is 0 Å². The third-order valence-corrected chi connectivity index (χ3v) is 8.71. The Kier molecular flexibility index (Phi) is 7.51. The minimum absolute atomic E-state index is 0.00161. The lowest BCUT2D eigenvalue weighted by molar-refractivity contribution is 0.402. The lowest BCUT2D eigenvalue weighted by atomic mass is 10.3. The number of nitrogens with one attached hydrogen (secondary N) is 2. The summed E-state index contributed by atoms with van der Waals surface area (Å²) >= 11 is 3.66. The Morgan fingerprint density at radius 3 is 1.75 bits per heavy atom. The molecule has 0 heterocycles. The van der Waals surface area contributed by atoms with Gasteiger partial charge in [-0.25, -0.2) is 25.6 Å². The summed E-state index contributed by atoms with van der Waals surface area (Å²) in [5.74, 6) is -1.42. The molecule has 7 nitrogen and oxygen atoms in total. The van der Waals surface area contributed by atoms with Crippen LogP contribution in [0.2, 0.25) is 0 Å². The quantitative estimate of drug-likeness (QED) is 0.345. The first kappa shape index (κ1) is 24.9. The van der Waals surface area contributed by atoms with Gasteiger partial charge in [0.15, 0.2) is 0 Å². The van der Waals surface area contributed by atoms with E-state index in [-0.39, 0.29) is 17.1 Å². The average molecular weight is 706 g/mol. The fourth-order valence-corrected chi connectivity index (χ4v) is 6.33. The maximum Gasteiger partial charge on any atom is 0.265 e. The van der Waals surface area contributed by atoms with Gasteiger partial charge in [-0.2, -0.15) is 0 Å². The van der Waals surface area contributed by atoms with E-state index in [2.05, 4.69) is 9.44 Å². The summed E-state index contributed by atoms with van der Waals surface area (Å²) in [6.07, 6.45) is 0. The summed E-state index contributed by atoms with van der Waals surface area (Å²) in [5, 5.41) is 0. The lowest BCUT2D eigenvalue weighted by Gasteiger charge is -2.15. The SMILES string of the molecule is COc1ccc(S(=O)(=O)Nc2cc(F)ccc2I)cc1S(=O)(=O)Nc1cc(F)ccc1I. The molecule has 0 aliphatic carbocycles. The van der Waals surface area contributed by atoms with Crippen molar-refractivity contribution in [2.24, 2.45) is 0 Å². The molecule has 0 atom stereocenters. The van der Waals surface area contributed by atoms with Gasteiger partial charge in [-0.05, 0) is 99.8 Å². The molecule has 0 bridgehead atoms. The molecule has 0 aromatic heterocycles. The Morgan fingerprint density at radius 1 is 0.750 bits per heavy atom. The summed E-state index contributed by atoms with van der Waals surface area (Å²) in [7, 11) is -7.42. The fourth-order valence-electron chi connectivity index (χ4n) is 2.59. The van der Waals surface area contributed by atoms with Gasteiger partial charge in [-0.1, -0.05) is 0 Å². The number of sulfonamides is 2. The van der Waals surface area contributed by atoms with E-state index < -0.39 is 41.5 Å². The first-order valence-electron chi connectivity index (χ1n) is 8.57. The van der Waals surface area contributed by atoms with Crippen molar-refractivity contribution in [3.05, 3.63) is 73.4 Å². The molecule has 0 saturated carbocycles. The van der Waals surface area contributed by atoms with Crippen LogP contribution in [0.1, 0.15) is 0 Å². The third kappa shape index (κ3) is 5.60. The maximum atomic E-state index is 13.6. The summed E-state index contributed by atoms with van der Waals surface area (Å²) in [6, 6.07) is 10.4. The molecule has 32 heavy (non-hydrogen) atoms. The molecule has 0 saturated heterocycles. The first-order valence-corrected chi connectivity index (χ1v) is 13.7. The molecule has 3 aromatic rings. The van der Waals surface area contributed by atoms with Crippen LogP contribution in [0.4, 0.5) is 20.2 Å². The van der Waals surface area contributed by atoms with E-state index in [9.17, 15) is 25.6 Å². The van der Waals surface area contributed by atoms with E-state index in [1.165, 1.54) is 37.4 Å². The average Bonchev–Trinajstić information content (AvgIpc) is 2.72. The highest BCUT2D eigenvalue weighted by Crippen LogP contribution is 2.31. The predicted molar refractivity (Wildman–Crippen MR) is 133 cm³/mol. The number of anilines is 2. The monoisotopic (exact) mass is 706 g/mol. The van der Waals surface area contributed by atoms with E-state index in [1.54, 1.807) is 0 Å². The minimum atomic E-state index is -4.37. The normalized spacial score (nSPS) is 11.8. The van der Waals surface area contributed by atoms with Crippen LogP contribution in [-0.4, -0.2) is 23.9 Å². The van der Waals surface area contributed by atoms with Crippen molar-refractivity contribution < 1.29 is 30.4 Å². The van der Waals surface area contributed by atoms with Crippen LogP contribution in [0.3, 0.4) is 0 Å².